The molecule has 0 atom stereocenters. The minimum Gasteiger partial charge on any atom is -0.396 e. The van der Waals surface area contributed by atoms with E-state index in [2.05, 4.69) is 26.2 Å². The molecule has 0 radical (unpaired) electrons. The highest BCUT2D eigenvalue weighted by atomic mass is 79.9. The molecule has 1 amide bonds. The van der Waals surface area contributed by atoms with Crippen LogP contribution in [0.1, 0.15) is 13.3 Å². The highest BCUT2D eigenvalue weighted by Gasteiger charge is 2.14. The summed E-state index contributed by atoms with van der Waals surface area (Å²) >= 11 is 3.46. The van der Waals surface area contributed by atoms with Crippen LogP contribution < -0.4 is 16.0 Å². The minimum absolute atomic E-state index is 0.0151. The lowest BCUT2D eigenvalue weighted by Crippen LogP contribution is -2.35. The maximum atomic E-state index is 11.9. The van der Waals surface area contributed by atoms with E-state index in [1.54, 1.807) is 6.20 Å². The normalized spacial score (nSPS) is 10.6. The zero-order valence-corrected chi connectivity index (χ0v) is 13.8. The van der Waals surface area contributed by atoms with Crippen LogP contribution in [0.4, 0.5) is 11.4 Å². The van der Waals surface area contributed by atoms with Crippen molar-refractivity contribution in [2.24, 2.45) is 0 Å². The summed E-state index contributed by atoms with van der Waals surface area (Å²) in [5, 5.41) is 3.79. The number of aromatic nitrogens is 1. The van der Waals surface area contributed by atoms with Gasteiger partial charge in [0.25, 0.3) is 0 Å². The first kappa shape index (κ1) is 15.6. The quantitative estimate of drug-likeness (QED) is 0.869. The molecule has 0 aliphatic rings. The number of rotatable bonds is 5. The molecule has 0 spiro atoms. The van der Waals surface area contributed by atoms with Crippen molar-refractivity contribution in [2.45, 2.75) is 13.3 Å². The van der Waals surface area contributed by atoms with E-state index in [-0.39, 0.29) is 12.5 Å². The van der Waals surface area contributed by atoms with Gasteiger partial charge in [-0.25, -0.2) is 0 Å². The van der Waals surface area contributed by atoms with Gasteiger partial charge in [0.1, 0.15) is 0 Å². The summed E-state index contributed by atoms with van der Waals surface area (Å²) in [7, 11) is 1.86. The van der Waals surface area contributed by atoms with Crippen molar-refractivity contribution in [1.29, 1.82) is 0 Å². The number of nitrogens with zero attached hydrogens (tertiary/aromatic N) is 2. The van der Waals surface area contributed by atoms with Crippen LogP contribution in [-0.4, -0.2) is 31.0 Å². The van der Waals surface area contributed by atoms with Crippen molar-refractivity contribution in [2.75, 3.05) is 30.8 Å². The van der Waals surface area contributed by atoms with E-state index in [0.29, 0.717) is 12.2 Å². The standard InChI is InChI=1S/C15H19BrN4O/c1-3-6-18-14(21)9-20(2)15-11-7-10(16)4-5-13(11)19-8-12(15)17/h4-5,7-8H,3,6,9,17H2,1-2H3,(H,18,21). The van der Waals surface area contributed by atoms with Crippen molar-refractivity contribution in [3.8, 4) is 0 Å². The molecule has 0 bridgehead atoms. The van der Waals surface area contributed by atoms with Gasteiger partial charge in [0, 0.05) is 23.5 Å². The van der Waals surface area contributed by atoms with Gasteiger partial charge < -0.3 is 16.0 Å². The molecule has 0 aliphatic carbocycles. The Kier molecular flexibility index (Phi) is 5.01. The maximum Gasteiger partial charge on any atom is 0.239 e. The fourth-order valence-corrected chi connectivity index (χ4v) is 2.57. The number of anilines is 2. The predicted octanol–water partition coefficient (Wildman–Crippen LogP) is 2.54. The fourth-order valence-electron chi connectivity index (χ4n) is 2.21. The number of pyridine rings is 1. The maximum absolute atomic E-state index is 11.9. The highest BCUT2D eigenvalue weighted by molar-refractivity contribution is 9.10. The summed E-state index contributed by atoms with van der Waals surface area (Å²) in [6, 6.07) is 5.82. The third-order valence-electron chi connectivity index (χ3n) is 3.16. The molecular weight excluding hydrogens is 332 g/mol. The molecule has 2 rings (SSSR count). The van der Waals surface area contributed by atoms with Crippen molar-refractivity contribution < 1.29 is 4.79 Å². The zero-order valence-electron chi connectivity index (χ0n) is 12.2. The molecule has 6 heteroatoms. The summed E-state index contributed by atoms with van der Waals surface area (Å²) in [6.45, 7) is 2.97. The number of nitrogens with one attached hydrogen (secondary N) is 1. The lowest BCUT2D eigenvalue weighted by molar-refractivity contribution is -0.119. The van der Waals surface area contributed by atoms with Crippen LogP contribution in [-0.2, 0) is 4.79 Å². The summed E-state index contributed by atoms with van der Waals surface area (Å²) in [4.78, 5) is 18.1. The molecule has 0 aliphatic heterocycles. The van der Waals surface area contributed by atoms with Gasteiger partial charge in [-0.2, -0.15) is 0 Å². The summed E-state index contributed by atoms with van der Waals surface area (Å²) in [5.74, 6) is -0.0151. The second kappa shape index (κ2) is 6.76. The van der Waals surface area contributed by atoms with Crippen LogP contribution >= 0.6 is 15.9 Å². The van der Waals surface area contributed by atoms with E-state index in [1.807, 2.05) is 37.1 Å². The molecule has 21 heavy (non-hydrogen) atoms. The Balaban J connectivity index is 2.33. The number of likely N-dealkylation sites (N-methyl/N-ethyl adjacent to an activating group) is 1. The van der Waals surface area contributed by atoms with Gasteiger partial charge >= 0.3 is 0 Å². The molecule has 0 saturated carbocycles. The van der Waals surface area contributed by atoms with E-state index in [9.17, 15) is 4.79 Å². The molecule has 2 aromatic rings. The number of halogens is 1. The Morgan fingerprint density at radius 2 is 2.24 bits per heavy atom. The third-order valence-corrected chi connectivity index (χ3v) is 3.66. The highest BCUT2D eigenvalue weighted by Crippen LogP contribution is 2.32. The molecule has 0 saturated heterocycles. The molecular formula is C15H19BrN4O. The average molecular weight is 351 g/mol. The van der Waals surface area contributed by atoms with E-state index in [1.165, 1.54) is 0 Å². The van der Waals surface area contributed by atoms with Gasteiger partial charge in [0.05, 0.1) is 29.6 Å². The first-order valence-corrected chi connectivity index (χ1v) is 7.63. The Morgan fingerprint density at radius 3 is 2.95 bits per heavy atom. The Morgan fingerprint density at radius 1 is 1.48 bits per heavy atom. The number of fused-ring (bicyclic) bond motifs is 1. The van der Waals surface area contributed by atoms with Crippen LogP contribution in [0.25, 0.3) is 10.9 Å². The molecule has 3 N–H and O–H groups in total. The van der Waals surface area contributed by atoms with E-state index >= 15 is 0 Å². The second-order valence-electron chi connectivity index (χ2n) is 4.93. The van der Waals surface area contributed by atoms with Gasteiger partial charge in [-0.05, 0) is 24.6 Å². The van der Waals surface area contributed by atoms with Crippen molar-refractivity contribution in [3.63, 3.8) is 0 Å². The number of nitrogens with two attached hydrogens (primary N) is 1. The van der Waals surface area contributed by atoms with Crippen LogP contribution in [0.3, 0.4) is 0 Å². The van der Waals surface area contributed by atoms with Gasteiger partial charge in [0.2, 0.25) is 5.91 Å². The van der Waals surface area contributed by atoms with E-state index < -0.39 is 0 Å². The van der Waals surface area contributed by atoms with Gasteiger partial charge in [-0.3, -0.25) is 9.78 Å². The number of carbonyl (C=O) groups is 1. The number of hydrogen-bond donors (Lipinski definition) is 2. The Labute approximate surface area is 132 Å². The van der Waals surface area contributed by atoms with Gasteiger partial charge in [-0.1, -0.05) is 22.9 Å². The van der Waals surface area contributed by atoms with E-state index in [0.717, 1.165) is 27.5 Å². The number of benzene rings is 1. The van der Waals surface area contributed by atoms with E-state index in [4.69, 9.17) is 5.73 Å². The molecule has 1 aromatic heterocycles. The van der Waals surface area contributed by atoms with Crippen molar-refractivity contribution in [1.82, 2.24) is 10.3 Å². The first-order chi connectivity index (χ1) is 10.0. The Hall–Kier alpha value is -1.82. The molecule has 112 valence electrons. The SMILES string of the molecule is CCCNC(=O)CN(C)c1c(N)cnc2ccc(Br)cc12. The summed E-state index contributed by atoms with van der Waals surface area (Å²) < 4.78 is 0.951. The monoisotopic (exact) mass is 350 g/mol. The largest absolute Gasteiger partial charge is 0.396 e. The van der Waals surface area contributed by atoms with Gasteiger partial charge in [0.15, 0.2) is 0 Å². The summed E-state index contributed by atoms with van der Waals surface area (Å²) in [6.07, 6.45) is 2.55. The smallest absolute Gasteiger partial charge is 0.239 e. The lowest BCUT2D eigenvalue weighted by Gasteiger charge is -2.22. The van der Waals surface area contributed by atoms with Crippen LogP contribution in [0, 0.1) is 0 Å². The second-order valence-corrected chi connectivity index (χ2v) is 5.85. The topological polar surface area (TPSA) is 71.2 Å². The lowest BCUT2D eigenvalue weighted by atomic mass is 10.1. The number of carbonyl (C=O) groups excluding carboxylic acids is 1. The fraction of sp³-hybridized carbons (Fsp3) is 0.333. The Bertz CT molecular complexity index is 654. The number of hydrogen-bond acceptors (Lipinski definition) is 4. The molecule has 5 nitrogen and oxygen atoms in total. The molecule has 1 aromatic carbocycles. The minimum atomic E-state index is -0.0151. The van der Waals surface area contributed by atoms with Crippen LogP contribution in [0.15, 0.2) is 28.9 Å². The van der Waals surface area contributed by atoms with Crippen molar-refractivity contribution in [3.05, 3.63) is 28.9 Å². The van der Waals surface area contributed by atoms with Crippen LogP contribution in [0.5, 0.6) is 0 Å². The predicted molar refractivity (Wildman–Crippen MR) is 90.4 cm³/mol. The number of nitrogen functional groups attached to an aromatic ring is 1. The zero-order chi connectivity index (χ0) is 15.4. The number of amides is 1. The first-order valence-electron chi connectivity index (χ1n) is 6.84. The molecule has 0 fully saturated rings. The van der Waals surface area contributed by atoms with Crippen LogP contribution in [0.2, 0.25) is 0 Å². The average Bonchev–Trinajstić information content (AvgIpc) is 2.44. The summed E-state index contributed by atoms with van der Waals surface area (Å²) in [5.41, 5.74) is 8.30. The third kappa shape index (κ3) is 3.64. The molecule has 0 unspecified atom stereocenters. The molecule has 1 heterocycles. The van der Waals surface area contributed by atoms with Crippen molar-refractivity contribution >= 4 is 44.1 Å². The van der Waals surface area contributed by atoms with Gasteiger partial charge in [-0.15, -0.1) is 0 Å².